The highest BCUT2D eigenvalue weighted by atomic mass is 16.5. The monoisotopic (exact) mass is 354 g/mol. The largest absolute Gasteiger partial charge is 0.484 e. The molecule has 1 aliphatic rings. The molecule has 3 rings (SSSR count). The van der Waals surface area contributed by atoms with Crippen LogP contribution in [0.2, 0.25) is 0 Å². The molecule has 1 fully saturated rings. The van der Waals surface area contributed by atoms with Gasteiger partial charge in [-0.1, -0.05) is 42.5 Å². The van der Waals surface area contributed by atoms with Crippen molar-refractivity contribution >= 4 is 5.91 Å². The van der Waals surface area contributed by atoms with Gasteiger partial charge in [-0.25, -0.2) is 0 Å². The Hall–Kier alpha value is -2.37. The summed E-state index contributed by atoms with van der Waals surface area (Å²) < 4.78 is 5.61. The predicted octanol–water partition coefficient (Wildman–Crippen LogP) is 2.25. The number of hydrogen-bond donors (Lipinski definition) is 1. The molecule has 2 aromatic rings. The van der Waals surface area contributed by atoms with E-state index in [0.29, 0.717) is 19.6 Å². The second-order valence-electron chi connectivity index (χ2n) is 6.71. The second-order valence-corrected chi connectivity index (χ2v) is 6.71. The van der Waals surface area contributed by atoms with Crippen molar-refractivity contribution in [3.05, 3.63) is 65.7 Å². The van der Waals surface area contributed by atoms with E-state index in [4.69, 9.17) is 4.74 Å². The number of β-amino-alcohol motifs (C(OH)–C–C–N with tert-alkyl or cyclic N) is 1. The van der Waals surface area contributed by atoms with Crippen LogP contribution in [0.4, 0.5) is 0 Å². The summed E-state index contributed by atoms with van der Waals surface area (Å²) in [6.07, 6.45) is -0.497. The van der Waals surface area contributed by atoms with Crippen LogP contribution in [-0.2, 0) is 4.79 Å². The minimum atomic E-state index is -0.497. The van der Waals surface area contributed by atoms with E-state index in [1.165, 1.54) is 0 Å². The van der Waals surface area contributed by atoms with Crippen LogP contribution in [0.15, 0.2) is 54.6 Å². The summed E-state index contributed by atoms with van der Waals surface area (Å²) in [4.78, 5) is 16.4. The number of carbonyl (C=O) groups excluding carboxylic acids is 1. The van der Waals surface area contributed by atoms with E-state index < -0.39 is 6.10 Å². The van der Waals surface area contributed by atoms with Crippen LogP contribution >= 0.6 is 0 Å². The Morgan fingerprint density at radius 2 is 1.81 bits per heavy atom. The van der Waals surface area contributed by atoms with Gasteiger partial charge in [0.2, 0.25) is 0 Å². The lowest BCUT2D eigenvalue weighted by molar-refractivity contribution is -0.135. The number of carbonyl (C=O) groups is 1. The Morgan fingerprint density at radius 1 is 1.08 bits per heavy atom. The Balaban J connectivity index is 1.42. The number of amides is 1. The average molecular weight is 354 g/mol. The topological polar surface area (TPSA) is 53.0 Å². The molecule has 0 spiro atoms. The Bertz CT molecular complexity index is 712. The number of hydrogen-bond acceptors (Lipinski definition) is 4. The van der Waals surface area contributed by atoms with Gasteiger partial charge >= 0.3 is 0 Å². The number of nitrogens with zero attached hydrogens (tertiary/aromatic N) is 2. The minimum absolute atomic E-state index is 0.00904. The maximum atomic E-state index is 12.3. The summed E-state index contributed by atoms with van der Waals surface area (Å²) in [5, 5.41) is 10.3. The van der Waals surface area contributed by atoms with Crippen molar-refractivity contribution in [1.29, 1.82) is 0 Å². The molecule has 5 nitrogen and oxygen atoms in total. The molecular weight excluding hydrogens is 328 g/mol. The molecule has 0 radical (unpaired) electrons. The van der Waals surface area contributed by atoms with E-state index in [1.807, 2.05) is 66.4 Å². The molecule has 2 aromatic carbocycles. The summed E-state index contributed by atoms with van der Waals surface area (Å²) in [5.41, 5.74) is 2.04. The van der Waals surface area contributed by atoms with Crippen LogP contribution < -0.4 is 4.74 Å². The van der Waals surface area contributed by atoms with E-state index >= 15 is 0 Å². The normalized spacial score (nSPS) is 16.3. The molecule has 1 heterocycles. The van der Waals surface area contributed by atoms with Crippen LogP contribution in [0.5, 0.6) is 5.75 Å². The third-order valence-corrected chi connectivity index (χ3v) is 4.69. The van der Waals surface area contributed by atoms with Crippen LogP contribution in [0.25, 0.3) is 0 Å². The van der Waals surface area contributed by atoms with Gasteiger partial charge in [-0.15, -0.1) is 0 Å². The van der Waals surface area contributed by atoms with Crippen molar-refractivity contribution in [2.75, 3.05) is 39.3 Å². The smallest absolute Gasteiger partial charge is 0.260 e. The number of aliphatic hydroxyl groups is 1. The molecule has 1 unspecified atom stereocenters. The maximum Gasteiger partial charge on any atom is 0.260 e. The minimum Gasteiger partial charge on any atom is -0.484 e. The number of piperazine rings is 1. The zero-order chi connectivity index (χ0) is 18.4. The molecule has 0 aromatic heterocycles. The summed E-state index contributed by atoms with van der Waals surface area (Å²) in [7, 11) is 0. The first-order valence-electron chi connectivity index (χ1n) is 9.04. The highest BCUT2D eigenvalue weighted by Crippen LogP contribution is 2.16. The highest BCUT2D eigenvalue weighted by molar-refractivity contribution is 5.77. The number of ether oxygens (including phenoxy) is 1. The molecule has 0 bridgehead atoms. The van der Waals surface area contributed by atoms with Gasteiger partial charge in [0.15, 0.2) is 6.61 Å². The first-order chi connectivity index (χ1) is 12.6. The number of benzene rings is 2. The summed E-state index contributed by atoms with van der Waals surface area (Å²) in [5.74, 6) is 0.734. The molecule has 26 heavy (non-hydrogen) atoms. The van der Waals surface area contributed by atoms with E-state index in [0.717, 1.165) is 30.0 Å². The van der Waals surface area contributed by atoms with Gasteiger partial charge in [0.1, 0.15) is 5.75 Å². The fraction of sp³-hybridized carbons (Fsp3) is 0.381. The standard InChI is InChI=1S/C21H26N2O3/c1-17-6-5-9-19(14-17)26-16-21(25)23-12-10-22(11-13-23)15-20(24)18-7-3-2-4-8-18/h2-9,14,20,24H,10-13,15-16H2,1H3. The number of aliphatic hydroxyl groups excluding tert-OH is 1. The number of aryl methyl sites for hydroxylation is 1. The van der Waals surface area contributed by atoms with Gasteiger partial charge in [-0.3, -0.25) is 9.69 Å². The molecule has 1 atom stereocenters. The van der Waals surface area contributed by atoms with E-state index in [9.17, 15) is 9.90 Å². The van der Waals surface area contributed by atoms with Crippen molar-refractivity contribution in [3.63, 3.8) is 0 Å². The van der Waals surface area contributed by atoms with E-state index in [2.05, 4.69) is 4.90 Å². The second kappa shape index (κ2) is 8.83. The molecule has 1 N–H and O–H groups in total. The highest BCUT2D eigenvalue weighted by Gasteiger charge is 2.23. The molecule has 5 heteroatoms. The molecule has 1 amide bonds. The van der Waals surface area contributed by atoms with Gasteiger partial charge in [0.25, 0.3) is 5.91 Å². The van der Waals surface area contributed by atoms with Crippen LogP contribution in [-0.4, -0.2) is 60.1 Å². The van der Waals surface area contributed by atoms with Crippen LogP contribution in [0.3, 0.4) is 0 Å². The Labute approximate surface area is 154 Å². The van der Waals surface area contributed by atoms with Crippen molar-refractivity contribution < 1.29 is 14.6 Å². The van der Waals surface area contributed by atoms with Crippen molar-refractivity contribution in [1.82, 2.24) is 9.80 Å². The fourth-order valence-electron chi connectivity index (χ4n) is 3.15. The van der Waals surface area contributed by atoms with Crippen molar-refractivity contribution in [2.45, 2.75) is 13.0 Å². The maximum absolute atomic E-state index is 12.3. The van der Waals surface area contributed by atoms with E-state index in [1.54, 1.807) is 0 Å². The molecule has 0 aliphatic carbocycles. The van der Waals surface area contributed by atoms with Gasteiger partial charge in [-0.05, 0) is 30.2 Å². The van der Waals surface area contributed by atoms with Gasteiger partial charge in [-0.2, -0.15) is 0 Å². The lowest BCUT2D eigenvalue weighted by Gasteiger charge is -2.35. The number of rotatable bonds is 6. The van der Waals surface area contributed by atoms with Crippen LogP contribution in [0.1, 0.15) is 17.2 Å². The lowest BCUT2D eigenvalue weighted by Crippen LogP contribution is -2.50. The van der Waals surface area contributed by atoms with E-state index in [-0.39, 0.29) is 12.5 Å². The Kier molecular flexibility index (Phi) is 6.26. The van der Waals surface area contributed by atoms with Gasteiger partial charge in [0.05, 0.1) is 6.10 Å². The van der Waals surface area contributed by atoms with Gasteiger partial charge in [0, 0.05) is 32.7 Å². The zero-order valence-electron chi connectivity index (χ0n) is 15.2. The molecule has 1 saturated heterocycles. The van der Waals surface area contributed by atoms with Gasteiger partial charge < -0.3 is 14.7 Å². The van der Waals surface area contributed by atoms with Crippen molar-refractivity contribution in [3.8, 4) is 5.75 Å². The van der Waals surface area contributed by atoms with Crippen LogP contribution in [0, 0.1) is 6.92 Å². The quantitative estimate of drug-likeness (QED) is 0.865. The predicted molar refractivity (Wildman–Crippen MR) is 101 cm³/mol. The summed E-state index contributed by atoms with van der Waals surface area (Å²) >= 11 is 0. The Morgan fingerprint density at radius 3 is 2.50 bits per heavy atom. The summed E-state index contributed by atoms with van der Waals surface area (Å²) in [6.45, 7) is 5.51. The molecule has 138 valence electrons. The third-order valence-electron chi connectivity index (χ3n) is 4.69. The first-order valence-corrected chi connectivity index (χ1v) is 9.04. The lowest BCUT2D eigenvalue weighted by atomic mass is 10.1. The summed E-state index contributed by atoms with van der Waals surface area (Å²) in [6, 6.07) is 17.4. The average Bonchev–Trinajstić information content (AvgIpc) is 2.67. The fourth-order valence-corrected chi connectivity index (χ4v) is 3.15. The zero-order valence-corrected chi connectivity index (χ0v) is 15.2. The SMILES string of the molecule is Cc1cccc(OCC(=O)N2CCN(CC(O)c3ccccc3)CC2)c1. The molecule has 0 saturated carbocycles. The van der Waals surface area contributed by atoms with Crippen molar-refractivity contribution in [2.24, 2.45) is 0 Å². The first kappa shape index (κ1) is 18.4. The molecular formula is C21H26N2O3. The molecule has 1 aliphatic heterocycles. The third kappa shape index (κ3) is 5.07.